The smallest absolute Gasteiger partial charge is 0.0948 e. The fraction of sp³-hybridized carbons (Fsp3) is 0.786. The standard InChI is InChI=1S/C14H26N4O/c1-17-6-3-13(4-7-17)11-18-12-16-10-14(18)9-15-5-8-19-2/h10,12-13,15H,3-9,11H2,1-2H3. The lowest BCUT2D eigenvalue weighted by Crippen LogP contribution is -2.32. The van der Waals surface area contributed by atoms with Crippen molar-refractivity contribution >= 4 is 0 Å². The molecule has 5 heteroatoms. The second-order valence-electron chi connectivity index (χ2n) is 5.45. The number of nitrogens with zero attached hydrogens (tertiary/aromatic N) is 3. The fourth-order valence-electron chi connectivity index (χ4n) is 2.57. The first-order valence-electron chi connectivity index (χ1n) is 7.17. The van der Waals surface area contributed by atoms with Gasteiger partial charge >= 0.3 is 0 Å². The van der Waals surface area contributed by atoms with Gasteiger partial charge in [-0.3, -0.25) is 0 Å². The SMILES string of the molecule is COCCNCc1cncn1CC1CCN(C)CC1. The molecule has 1 aliphatic rings. The van der Waals surface area contributed by atoms with Crippen molar-refractivity contribution in [2.24, 2.45) is 5.92 Å². The molecule has 1 saturated heterocycles. The molecule has 1 N–H and O–H groups in total. The van der Waals surface area contributed by atoms with Crippen molar-refractivity contribution in [3.05, 3.63) is 18.2 Å². The van der Waals surface area contributed by atoms with Crippen LogP contribution in [0.2, 0.25) is 0 Å². The summed E-state index contributed by atoms with van der Waals surface area (Å²) in [7, 11) is 3.94. The number of aromatic nitrogens is 2. The Morgan fingerprint density at radius 2 is 2.21 bits per heavy atom. The zero-order valence-electron chi connectivity index (χ0n) is 12.1. The molecule has 1 aromatic rings. The minimum absolute atomic E-state index is 0.753. The first-order chi connectivity index (χ1) is 9.29. The maximum atomic E-state index is 5.03. The number of piperidine rings is 1. The molecule has 108 valence electrons. The van der Waals surface area contributed by atoms with Crippen LogP contribution in [-0.2, 0) is 17.8 Å². The summed E-state index contributed by atoms with van der Waals surface area (Å²) in [6.45, 7) is 6.06. The third-order valence-electron chi connectivity index (χ3n) is 3.88. The Labute approximate surface area is 116 Å². The molecule has 0 aliphatic carbocycles. The summed E-state index contributed by atoms with van der Waals surface area (Å²) in [4.78, 5) is 6.70. The molecule has 0 bridgehead atoms. The molecule has 0 amide bonds. The Hall–Kier alpha value is -0.910. The summed E-state index contributed by atoms with van der Waals surface area (Å²) >= 11 is 0. The van der Waals surface area contributed by atoms with Crippen LogP contribution in [0.5, 0.6) is 0 Å². The third-order valence-corrected chi connectivity index (χ3v) is 3.88. The largest absolute Gasteiger partial charge is 0.383 e. The summed E-state index contributed by atoms with van der Waals surface area (Å²) in [6.07, 6.45) is 6.52. The average Bonchev–Trinajstić information content (AvgIpc) is 2.85. The van der Waals surface area contributed by atoms with Gasteiger partial charge in [-0.1, -0.05) is 0 Å². The summed E-state index contributed by atoms with van der Waals surface area (Å²) in [5.41, 5.74) is 1.27. The highest BCUT2D eigenvalue weighted by Gasteiger charge is 2.17. The average molecular weight is 266 g/mol. The lowest BCUT2D eigenvalue weighted by atomic mass is 9.97. The van der Waals surface area contributed by atoms with E-state index in [2.05, 4.69) is 26.8 Å². The molecule has 0 atom stereocenters. The molecule has 0 aromatic carbocycles. The van der Waals surface area contributed by atoms with E-state index in [9.17, 15) is 0 Å². The van der Waals surface area contributed by atoms with Gasteiger partial charge in [0.2, 0.25) is 0 Å². The third kappa shape index (κ3) is 4.60. The Bertz CT molecular complexity index is 358. The van der Waals surface area contributed by atoms with E-state index in [0.29, 0.717) is 0 Å². The Balaban J connectivity index is 1.78. The molecule has 0 saturated carbocycles. The first-order valence-corrected chi connectivity index (χ1v) is 7.17. The van der Waals surface area contributed by atoms with Crippen molar-refractivity contribution < 1.29 is 4.74 Å². The zero-order valence-corrected chi connectivity index (χ0v) is 12.1. The van der Waals surface area contributed by atoms with Gasteiger partial charge < -0.3 is 19.5 Å². The topological polar surface area (TPSA) is 42.3 Å². The summed E-state index contributed by atoms with van der Waals surface area (Å²) in [5.74, 6) is 0.795. The van der Waals surface area contributed by atoms with Crippen molar-refractivity contribution in [3.8, 4) is 0 Å². The van der Waals surface area contributed by atoms with Crippen molar-refractivity contribution in [2.45, 2.75) is 25.9 Å². The van der Waals surface area contributed by atoms with Crippen LogP contribution in [0.1, 0.15) is 18.5 Å². The predicted molar refractivity (Wildman–Crippen MR) is 76.0 cm³/mol. The lowest BCUT2D eigenvalue weighted by molar-refractivity contribution is 0.197. The van der Waals surface area contributed by atoms with Crippen LogP contribution < -0.4 is 5.32 Å². The van der Waals surface area contributed by atoms with Crippen LogP contribution in [0, 0.1) is 5.92 Å². The molecule has 1 aromatic heterocycles. The zero-order chi connectivity index (χ0) is 13.5. The first kappa shape index (κ1) is 14.5. The highest BCUT2D eigenvalue weighted by atomic mass is 16.5. The quantitative estimate of drug-likeness (QED) is 0.747. The van der Waals surface area contributed by atoms with E-state index in [4.69, 9.17) is 4.74 Å². The number of hydrogen-bond acceptors (Lipinski definition) is 4. The molecule has 19 heavy (non-hydrogen) atoms. The molecule has 1 fully saturated rings. The highest BCUT2D eigenvalue weighted by Crippen LogP contribution is 2.18. The minimum atomic E-state index is 0.753. The van der Waals surface area contributed by atoms with Gasteiger partial charge in [0.25, 0.3) is 0 Å². The number of ether oxygens (including phenoxy) is 1. The van der Waals surface area contributed by atoms with Gasteiger partial charge in [-0.05, 0) is 38.9 Å². The van der Waals surface area contributed by atoms with Crippen molar-refractivity contribution in [2.75, 3.05) is 40.4 Å². The van der Waals surface area contributed by atoms with Gasteiger partial charge in [-0.2, -0.15) is 0 Å². The monoisotopic (exact) mass is 266 g/mol. The van der Waals surface area contributed by atoms with Gasteiger partial charge in [0, 0.05) is 32.9 Å². The van der Waals surface area contributed by atoms with E-state index in [-0.39, 0.29) is 0 Å². The van der Waals surface area contributed by atoms with Gasteiger partial charge in [0.1, 0.15) is 0 Å². The van der Waals surface area contributed by atoms with Crippen LogP contribution in [-0.4, -0.2) is 54.8 Å². The van der Waals surface area contributed by atoms with E-state index in [1.54, 1.807) is 7.11 Å². The summed E-state index contributed by atoms with van der Waals surface area (Å²) in [6, 6.07) is 0. The molecule has 1 aliphatic heterocycles. The van der Waals surface area contributed by atoms with Crippen LogP contribution in [0.25, 0.3) is 0 Å². The van der Waals surface area contributed by atoms with Crippen LogP contribution in [0.15, 0.2) is 12.5 Å². The fourth-order valence-corrected chi connectivity index (χ4v) is 2.57. The molecular weight excluding hydrogens is 240 g/mol. The Morgan fingerprint density at radius 1 is 1.42 bits per heavy atom. The molecule has 2 heterocycles. The highest BCUT2D eigenvalue weighted by molar-refractivity contribution is 4.98. The van der Waals surface area contributed by atoms with Crippen molar-refractivity contribution in [1.29, 1.82) is 0 Å². The number of hydrogen-bond donors (Lipinski definition) is 1. The van der Waals surface area contributed by atoms with E-state index in [1.807, 2.05) is 12.5 Å². The van der Waals surface area contributed by atoms with E-state index < -0.39 is 0 Å². The van der Waals surface area contributed by atoms with Crippen LogP contribution in [0.4, 0.5) is 0 Å². The second-order valence-corrected chi connectivity index (χ2v) is 5.45. The predicted octanol–water partition coefficient (Wildman–Crippen LogP) is 0.961. The minimum Gasteiger partial charge on any atom is -0.383 e. The van der Waals surface area contributed by atoms with E-state index in [0.717, 1.165) is 32.2 Å². The molecule has 5 nitrogen and oxygen atoms in total. The van der Waals surface area contributed by atoms with Gasteiger partial charge in [-0.25, -0.2) is 4.98 Å². The Kier molecular flexibility index (Phi) is 5.82. The van der Waals surface area contributed by atoms with Crippen LogP contribution in [0.3, 0.4) is 0 Å². The molecule has 0 unspecified atom stereocenters. The van der Waals surface area contributed by atoms with E-state index >= 15 is 0 Å². The van der Waals surface area contributed by atoms with Gasteiger partial charge in [0.05, 0.1) is 18.6 Å². The number of imidazole rings is 1. The summed E-state index contributed by atoms with van der Waals surface area (Å²) in [5, 5.41) is 3.38. The number of likely N-dealkylation sites (tertiary alicyclic amines) is 1. The van der Waals surface area contributed by atoms with Gasteiger partial charge in [-0.15, -0.1) is 0 Å². The molecular formula is C14H26N4O. The maximum absolute atomic E-state index is 5.03. The summed E-state index contributed by atoms with van der Waals surface area (Å²) < 4.78 is 7.33. The lowest BCUT2D eigenvalue weighted by Gasteiger charge is -2.29. The molecule has 0 spiro atoms. The number of rotatable bonds is 7. The number of nitrogens with one attached hydrogen (secondary N) is 1. The molecule has 2 rings (SSSR count). The maximum Gasteiger partial charge on any atom is 0.0948 e. The Morgan fingerprint density at radius 3 is 2.95 bits per heavy atom. The van der Waals surface area contributed by atoms with Crippen LogP contribution >= 0.6 is 0 Å². The molecule has 0 radical (unpaired) electrons. The second kappa shape index (κ2) is 7.62. The van der Waals surface area contributed by atoms with Crippen molar-refractivity contribution in [3.63, 3.8) is 0 Å². The number of methoxy groups -OCH3 is 1. The van der Waals surface area contributed by atoms with Crippen molar-refractivity contribution in [1.82, 2.24) is 19.8 Å². The normalized spacial score (nSPS) is 18.0. The van der Waals surface area contributed by atoms with E-state index in [1.165, 1.54) is 31.6 Å². The van der Waals surface area contributed by atoms with Gasteiger partial charge in [0.15, 0.2) is 0 Å².